The van der Waals surface area contributed by atoms with Crippen LogP contribution in [0, 0.1) is 29.6 Å². The number of nitrogens with zero attached hydrogens (tertiary/aromatic N) is 14. The minimum Gasteiger partial charge on any atom is -0.493 e. The number of unbranched alkanes of at least 4 members (excludes halogenated alkanes) is 6. The van der Waals surface area contributed by atoms with Gasteiger partial charge in [0.1, 0.15) is 56.1 Å². The second kappa shape index (κ2) is 42.6. The molecule has 0 atom stereocenters. The third-order valence-corrected chi connectivity index (χ3v) is 23.1. The van der Waals surface area contributed by atoms with E-state index in [1.54, 1.807) is 0 Å². The number of aromatic nitrogens is 12. The van der Waals surface area contributed by atoms with Crippen molar-refractivity contribution in [2.75, 3.05) is 41.6 Å². The summed E-state index contributed by atoms with van der Waals surface area (Å²) in [6.07, 6.45) is 8.42. The van der Waals surface area contributed by atoms with Crippen molar-refractivity contribution in [2.24, 2.45) is 29.6 Å². The van der Waals surface area contributed by atoms with Crippen molar-refractivity contribution in [1.82, 2.24) is 55.2 Å². The fourth-order valence-electron chi connectivity index (χ4n) is 16.1. The molecule has 0 saturated carbocycles. The molecule has 0 N–H and O–H groups in total. The van der Waals surface area contributed by atoms with E-state index in [0.717, 1.165) is 212 Å². The van der Waals surface area contributed by atoms with E-state index in [-0.39, 0.29) is 0 Å². The van der Waals surface area contributed by atoms with E-state index in [0.29, 0.717) is 75.7 Å². The Bertz CT molecular complexity index is 6000. The first kappa shape index (κ1) is 89.1. The van der Waals surface area contributed by atoms with Gasteiger partial charge in [-0.3, -0.25) is 0 Å². The Kier molecular flexibility index (Phi) is 29.4. The van der Waals surface area contributed by atoms with E-state index in [1.807, 2.05) is 67.7 Å². The van der Waals surface area contributed by atoms with Crippen molar-refractivity contribution < 1.29 is 23.7 Å². The largest absolute Gasteiger partial charge is 0.493 e. The first-order valence-electron chi connectivity index (χ1n) is 45.9. The van der Waals surface area contributed by atoms with Gasteiger partial charge in [-0.15, -0.1) is 0 Å². The molecule has 0 saturated heterocycles. The summed E-state index contributed by atoms with van der Waals surface area (Å²) in [6, 6.07) is 102. The lowest BCUT2D eigenvalue weighted by Crippen LogP contribution is -2.42. The van der Waals surface area contributed by atoms with Crippen LogP contribution in [0.15, 0.2) is 291 Å². The van der Waals surface area contributed by atoms with Crippen LogP contribution in [-0.2, 0) is 26.2 Å². The fraction of sp³-hybridized carbons (Fsp3) is 0.291. The highest BCUT2D eigenvalue weighted by molar-refractivity contribution is 9.09. The number of halogens is 1. The van der Waals surface area contributed by atoms with Gasteiger partial charge in [0.2, 0.25) is 0 Å². The molecule has 17 aromatic rings. The van der Waals surface area contributed by atoms with Crippen molar-refractivity contribution in [2.45, 2.75) is 147 Å². The maximum absolute atomic E-state index is 6.05. The van der Waals surface area contributed by atoms with Crippen LogP contribution in [-0.4, -0.2) is 81.8 Å². The third kappa shape index (κ3) is 22.1. The molecule has 0 fully saturated rings. The molecule has 18 nitrogen and oxygen atoms in total. The number of ether oxygens (including phenoxy) is 4. The summed E-state index contributed by atoms with van der Waals surface area (Å²) in [5.41, 5.74) is 25.5. The number of anilines is 6. The molecular weight excluding hydrogens is 1660 g/mol. The van der Waals surface area contributed by atoms with Crippen LogP contribution in [0.25, 0.3) is 111 Å². The zero-order valence-corrected chi connectivity index (χ0v) is 77.5. The van der Waals surface area contributed by atoms with E-state index in [9.17, 15) is 0 Å². The molecule has 658 valence electrons. The van der Waals surface area contributed by atoms with Gasteiger partial charge in [0.25, 0.3) is 0 Å². The number of aryl methyl sites for hydroxylation is 3. The molecule has 129 heavy (non-hydrogen) atoms. The highest BCUT2D eigenvalue weighted by atomic mass is 79.9. The molecule has 19 heteroatoms. The summed E-state index contributed by atoms with van der Waals surface area (Å²) in [7, 11) is 0. The van der Waals surface area contributed by atoms with Gasteiger partial charge in [-0.2, -0.15) is 60.0 Å². The van der Waals surface area contributed by atoms with Crippen LogP contribution in [0.2, 0.25) is 0 Å². The molecule has 0 amide bonds. The van der Waals surface area contributed by atoms with Gasteiger partial charge in [0.15, 0.2) is 6.54 Å². The monoisotopic (exact) mass is 1780 g/mol. The summed E-state index contributed by atoms with van der Waals surface area (Å²) in [5.74, 6) is 5.68. The van der Waals surface area contributed by atoms with Crippen LogP contribution in [0.5, 0.6) is 23.0 Å². The number of alkyl halides is 1. The van der Waals surface area contributed by atoms with Crippen molar-refractivity contribution in [3.8, 4) is 89.8 Å². The van der Waals surface area contributed by atoms with Crippen LogP contribution >= 0.6 is 15.9 Å². The molecule has 4 aromatic heterocycles. The zero-order valence-electron chi connectivity index (χ0n) is 75.9. The van der Waals surface area contributed by atoms with E-state index in [4.69, 9.17) is 59.7 Å². The lowest BCUT2D eigenvalue weighted by Gasteiger charge is -2.25. The van der Waals surface area contributed by atoms with Gasteiger partial charge in [0.05, 0.1) is 46.1 Å². The summed E-state index contributed by atoms with van der Waals surface area (Å²) in [5, 5.41) is 43.0. The molecule has 0 spiro atoms. The Balaban J connectivity index is 0.000000268. The summed E-state index contributed by atoms with van der Waals surface area (Å²) >= 11 is 3.52. The van der Waals surface area contributed by atoms with Crippen molar-refractivity contribution in [1.29, 1.82) is 0 Å². The normalized spacial score (nSPS) is 11.6. The van der Waals surface area contributed by atoms with Gasteiger partial charge < -0.3 is 28.7 Å². The number of fused-ring (bicyclic) bond motifs is 4. The summed E-state index contributed by atoms with van der Waals surface area (Å²) in [6.45, 7) is 27.2. The molecule has 0 unspecified atom stereocenters. The molecule has 17 rings (SSSR count). The van der Waals surface area contributed by atoms with E-state index >= 15 is 0 Å². The van der Waals surface area contributed by atoms with Crippen LogP contribution in [0.3, 0.4) is 0 Å². The number of para-hydroxylation sites is 4. The minimum absolute atomic E-state index is 0.317. The first-order valence-corrected chi connectivity index (χ1v) is 47.1. The Morgan fingerprint density at radius 3 is 0.829 bits per heavy atom. The maximum Gasteiger partial charge on any atom is 0.165 e. The number of benzene rings is 13. The second-order valence-corrected chi connectivity index (χ2v) is 36.2. The predicted molar refractivity (Wildman–Crippen MR) is 530 cm³/mol. The molecule has 0 bridgehead atoms. The topological polar surface area (TPSA) is 166 Å². The van der Waals surface area contributed by atoms with Gasteiger partial charge >= 0.3 is 0 Å². The lowest BCUT2D eigenvalue weighted by atomic mass is 9.95. The van der Waals surface area contributed by atoms with Crippen LogP contribution in [0.1, 0.15) is 121 Å². The molecule has 4 heterocycles. The fourth-order valence-corrected chi connectivity index (χ4v) is 16.5. The van der Waals surface area contributed by atoms with Crippen LogP contribution < -0.4 is 38.6 Å². The predicted octanol–water partition coefficient (Wildman–Crippen LogP) is 27.4. The van der Waals surface area contributed by atoms with Gasteiger partial charge in [-0.25, -0.2) is 0 Å². The smallest absolute Gasteiger partial charge is 0.165 e. The Hall–Kier alpha value is -13.3. The van der Waals surface area contributed by atoms with E-state index in [1.165, 1.54) is 19.3 Å². The van der Waals surface area contributed by atoms with Crippen molar-refractivity contribution >= 4 is 94.2 Å². The minimum atomic E-state index is 0.317. The molecule has 0 radical (unpaired) electrons. The van der Waals surface area contributed by atoms with Crippen molar-refractivity contribution in [3.05, 3.63) is 291 Å². The lowest BCUT2D eigenvalue weighted by molar-refractivity contribution is -0.808. The number of hydrogen-bond donors (Lipinski definition) is 0. The SMILES string of the molecule is CC(C)COc1ccc(-c2ccc(-c3ccc(OCC(C)C)cc3)c3nn(CCCCCCBr)nc23)cc1.CC(C)COc1ccc(-c2ccc(-c3ccc(OCC(C)C)cc3)c3nn(CCCCCCn4nc5c(-c6ccc(N(c7ccccc7)c7ccccc7)cc6)c6n[n+](CC(C)C)[n-]c6c(-c6ccc(N(c7ccccc7)c7ccccc7)cc6)c5n4)nc23)cc1. The average molecular weight is 1780 g/mol. The first-order chi connectivity index (χ1) is 63.0. The average Bonchev–Trinajstić information content (AvgIpc) is 1.58. The maximum atomic E-state index is 6.05. The molecule has 13 aromatic carbocycles. The Morgan fingerprint density at radius 1 is 0.279 bits per heavy atom. The molecule has 0 aliphatic heterocycles. The second-order valence-electron chi connectivity index (χ2n) is 35.4. The van der Waals surface area contributed by atoms with E-state index < -0.39 is 0 Å². The number of rotatable bonds is 39. The summed E-state index contributed by atoms with van der Waals surface area (Å²) < 4.78 is 23.9. The quantitative estimate of drug-likeness (QED) is 0.0203. The van der Waals surface area contributed by atoms with Crippen LogP contribution in [0.4, 0.5) is 34.1 Å². The van der Waals surface area contributed by atoms with Gasteiger partial charge in [-0.1, -0.05) is 281 Å². The third-order valence-electron chi connectivity index (χ3n) is 22.5. The van der Waals surface area contributed by atoms with Gasteiger partial charge in [0, 0.05) is 89.8 Å². The molecule has 0 aliphatic carbocycles. The number of hydrogen-bond acceptors (Lipinski definition) is 13. The highest BCUT2D eigenvalue weighted by Gasteiger charge is 2.26. The molecular formula is C110H117BrN14O4. The van der Waals surface area contributed by atoms with Gasteiger partial charge in [-0.05, 0) is 204 Å². The zero-order chi connectivity index (χ0) is 89.1. The van der Waals surface area contributed by atoms with E-state index in [2.05, 4.69) is 338 Å². The Morgan fingerprint density at radius 2 is 0.543 bits per heavy atom. The summed E-state index contributed by atoms with van der Waals surface area (Å²) in [4.78, 5) is 12.1. The van der Waals surface area contributed by atoms with Crippen molar-refractivity contribution in [3.63, 3.8) is 0 Å². The molecule has 0 aliphatic rings. The Labute approximate surface area is 767 Å². The highest BCUT2D eigenvalue weighted by Crippen LogP contribution is 2.45. The standard InChI is InChI=1S/C78H77N11O2.C32H40BrN3O2/c1-54(2)51-87-83-77-71(59-31-39-65(40-32-59)88(61-23-13-9-14-24-61)62-25-15-10-16-26-62)75-76(72(78(77)84-87)60-33-41-66(42-34-60)89(63-27-17-11-18-28-63)64-29-19-12-20-30-64)82-86(81-75)50-22-8-7-21-49-85-79-73-69(57-35-43-67(44-36-57)90-52-55(3)4)47-48-70(74(73)80-85)58-37-45-68(46-38-58)91-53-56(5)6;1-23(2)21-37-27-13-9-25(10-14-27)29-17-18-30(26-11-15-28(16-12-26)38-22-24(3)4)32-31(29)34-36(35-32)20-8-6-5-7-19-33/h9-20,23-48,54-56H,7-8,21-22,49-53H2,1-6H3;9-18,23-24H,5-8,19-22H2,1-4H3.